The Morgan fingerprint density at radius 3 is 2.79 bits per heavy atom. The molecule has 0 aromatic rings. The van der Waals surface area contributed by atoms with Gasteiger partial charge >= 0.3 is 0 Å². The molecule has 82 valence electrons. The van der Waals surface area contributed by atoms with Gasteiger partial charge in [-0.2, -0.15) is 11.8 Å². The maximum atomic E-state index is 10.0. The van der Waals surface area contributed by atoms with Crippen LogP contribution in [0.1, 0.15) is 25.7 Å². The van der Waals surface area contributed by atoms with Gasteiger partial charge in [0.15, 0.2) is 0 Å². The van der Waals surface area contributed by atoms with E-state index in [1.807, 2.05) is 17.8 Å². The van der Waals surface area contributed by atoms with Crippen molar-refractivity contribution in [3.63, 3.8) is 0 Å². The van der Waals surface area contributed by atoms with E-state index in [2.05, 4.69) is 11.9 Å². The minimum Gasteiger partial charge on any atom is -0.389 e. The van der Waals surface area contributed by atoms with Gasteiger partial charge in [0.2, 0.25) is 0 Å². The fraction of sp³-hybridized carbons (Fsp3) is 0.818. The van der Waals surface area contributed by atoms with Crippen molar-refractivity contribution in [2.75, 3.05) is 24.6 Å². The Kier molecular flexibility index (Phi) is 5.60. The van der Waals surface area contributed by atoms with Crippen LogP contribution in [0.2, 0.25) is 0 Å². The van der Waals surface area contributed by atoms with Gasteiger partial charge in [0.1, 0.15) is 0 Å². The monoisotopic (exact) mass is 215 g/mol. The fourth-order valence-electron chi connectivity index (χ4n) is 1.84. The van der Waals surface area contributed by atoms with Gasteiger partial charge in [-0.15, -0.1) is 6.58 Å². The number of thioether (sulfide) groups is 1. The normalized spacial score (nSPS) is 19.8. The zero-order chi connectivity index (χ0) is 10.3. The van der Waals surface area contributed by atoms with Crippen LogP contribution in [0.5, 0.6) is 0 Å². The third-order valence-electron chi connectivity index (χ3n) is 2.65. The molecule has 2 nitrogen and oxygen atoms in total. The number of hydrogen-bond donors (Lipinski definition) is 2. The van der Waals surface area contributed by atoms with Crippen LogP contribution in [0, 0.1) is 0 Å². The molecule has 1 aliphatic carbocycles. The molecule has 0 radical (unpaired) electrons. The third-order valence-corrected chi connectivity index (χ3v) is 3.61. The average Bonchev–Trinajstić information content (AvgIpc) is 2.59. The van der Waals surface area contributed by atoms with Gasteiger partial charge < -0.3 is 10.4 Å². The fourth-order valence-corrected chi connectivity index (χ4v) is 2.46. The standard InChI is InChI=1S/C11H21NOS/c1-2-8-14-9-7-12-10-11(13)5-3-4-6-11/h2,12-13H,1,3-10H2. The van der Waals surface area contributed by atoms with Crippen LogP contribution in [0.15, 0.2) is 12.7 Å². The number of hydrogen-bond acceptors (Lipinski definition) is 3. The van der Waals surface area contributed by atoms with Crippen molar-refractivity contribution < 1.29 is 5.11 Å². The molecule has 0 atom stereocenters. The van der Waals surface area contributed by atoms with Crippen LogP contribution in [-0.4, -0.2) is 35.3 Å². The van der Waals surface area contributed by atoms with Crippen LogP contribution in [0.25, 0.3) is 0 Å². The van der Waals surface area contributed by atoms with Crippen molar-refractivity contribution in [3.8, 4) is 0 Å². The smallest absolute Gasteiger partial charge is 0.0771 e. The molecule has 0 bridgehead atoms. The minimum absolute atomic E-state index is 0.400. The molecular weight excluding hydrogens is 194 g/mol. The zero-order valence-corrected chi connectivity index (χ0v) is 9.61. The summed E-state index contributed by atoms with van der Waals surface area (Å²) >= 11 is 1.87. The molecule has 0 aromatic heterocycles. The van der Waals surface area contributed by atoms with Crippen molar-refractivity contribution in [2.24, 2.45) is 0 Å². The molecule has 0 spiro atoms. The Morgan fingerprint density at radius 2 is 2.14 bits per heavy atom. The SMILES string of the molecule is C=CCSCCNCC1(O)CCCC1. The maximum Gasteiger partial charge on any atom is 0.0771 e. The van der Waals surface area contributed by atoms with E-state index in [-0.39, 0.29) is 0 Å². The molecule has 0 amide bonds. The van der Waals surface area contributed by atoms with Gasteiger partial charge in [-0.1, -0.05) is 18.9 Å². The molecule has 1 rings (SSSR count). The first-order chi connectivity index (χ1) is 6.77. The second kappa shape index (κ2) is 6.49. The molecule has 1 aliphatic rings. The molecule has 3 heteroatoms. The molecule has 2 N–H and O–H groups in total. The second-order valence-corrected chi connectivity index (χ2v) is 5.12. The van der Waals surface area contributed by atoms with Crippen LogP contribution in [0.3, 0.4) is 0 Å². The molecule has 0 unspecified atom stereocenters. The molecule has 0 aliphatic heterocycles. The predicted molar refractivity (Wildman–Crippen MR) is 63.8 cm³/mol. The van der Waals surface area contributed by atoms with Crippen molar-refractivity contribution in [3.05, 3.63) is 12.7 Å². The lowest BCUT2D eigenvalue weighted by molar-refractivity contribution is 0.0484. The van der Waals surface area contributed by atoms with E-state index in [1.54, 1.807) is 0 Å². The quantitative estimate of drug-likeness (QED) is 0.502. The lowest BCUT2D eigenvalue weighted by Crippen LogP contribution is -2.38. The van der Waals surface area contributed by atoms with Gasteiger partial charge in [-0.25, -0.2) is 0 Å². The van der Waals surface area contributed by atoms with Crippen LogP contribution < -0.4 is 5.32 Å². The Labute approximate surface area is 91.2 Å². The van der Waals surface area contributed by atoms with E-state index in [4.69, 9.17) is 0 Å². The summed E-state index contributed by atoms with van der Waals surface area (Å²) in [7, 11) is 0. The van der Waals surface area contributed by atoms with E-state index in [0.29, 0.717) is 0 Å². The summed E-state index contributed by atoms with van der Waals surface area (Å²) in [6.45, 7) is 5.42. The van der Waals surface area contributed by atoms with Crippen molar-refractivity contribution in [1.82, 2.24) is 5.32 Å². The second-order valence-electron chi connectivity index (χ2n) is 3.97. The number of aliphatic hydroxyl groups is 1. The van der Waals surface area contributed by atoms with Gasteiger partial charge in [-0.05, 0) is 12.8 Å². The van der Waals surface area contributed by atoms with E-state index in [9.17, 15) is 5.11 Å². The Balaban J connectivity index is 1.95. The van der Waals surface area contributed by atoms with Crippen molar-refractivity contribution in [2.45, 2.75) is 31.3 Å². The van der Waals surface area contributed by atoms with Crippen LogP contribution >= 0.6 is 11.8 Å². The first kappa shape index (κ1) is 12.1. The highest BCUT2D eigenvalue weighted by Crippen LogP contribution is 2.28. The summed E-state index contributed by atoms with van der Waals surface area (Å²) in [6, 6.07) is 0. The van der Waals surface area contributed by atoms with E-state index < -0.39 is 5.60 Å². The van der Waals surface area contributed by atoms with Crippen molar-refractivity contribution in [1.29, 1.82) is 0 Å². The summed E-state index contributed by atoms with van der Waals surface area (Å²) in [5.74, 6) is 2.12. The van der Waals surface area contributed by atoms with Crippen LogP contribution in [-0.2, 0) is 0 Å². The van der Waals surface area contributed by atoms with E-state index in [1.165, 1.54) is 12.8 Å². The van der Waals surface area contributed by atoms with Gasteiger partial charge in [-0.3, -0.25) is 0 Å². The highest BCUT2D eigenvalue weighted by molar-refractivity contribution is 7.99. The summed E-state index contributed by atoms with van der Waals surface area (Å²) in [5.41, 5.74) is -0.400. The van der Waals surface area contributed by atoms with E-state index >= 15 is 0 Å². The molecule has 0 aromatic carbocycles. The van der Waals surface area contributed by atoms with Gasteiger partial charge in [0.25, 0.3) is 0 Å². The summed E-state index contributed by atoms with van der Waals surface area (Å²) in [4.78, 5) is 0. The van der Waals surface area contributed by atoms with Crippen LogP contribution in [0.4, 0.5) is 0 Å². The Morgan fingerprint density at radius 1 is 1.43 bits per heavy atom. The van der Waals surface area contributed by atoms with Crippen molar-refractivity contribution >= 4 is 11.8 Å². The molecule has 0 saturated heterocycles. The highest BCUT2D eigenvalue weighted by atomic mass is 32.2. The zero-order valence-electron chi connectivity index (χ0n) is 8.80. The lowest BCUT2D eigenvalue weighted by Gasteiger charge is -2.22. The first-order valence-electron chi connectivity index (χ1n) is 5.39. The molecule has 0 heterocycles. The number of nitrogens with one attached hydrogen (secondary N) is 1. The first-order valence-corrected chi connectivity index (χ1v) is 6.54. The number of rotatable bonds is 7. The predicted octanol–water partition coefficient (Wildman–Crippen LogP) is 1.80. The summed E-state index contributed by atoms with van der Waals surface area (Å²) in [6.07, 6.45) is 6.24. The maximum absolute atomic E-state index is 10.0. The third kappa shape index (κ3) is 4.49. The topological polar surface area (TPSA) is 32.3 Å². The summed E-state index contributed by atoms with van der Waals surface area (Å²) < 4.78 is 0. The summed E-state index contributed by atoms with van der Waals surface area (Å²) in [5, 5.41) is 13.3. The van der Waals surface area contributed by atoms with Gasteiger partial charge in [0, 0.05) is 24.6 Å². The molecule has 14 heavy (non-hydrogen) atoms. The highest BCUT2D eigenvalue weighted by Gasteiger charge is 2.30. The Hall–Kier alpha value is 0.01000. The molecule has 1 saturated carbocycles. The van der Waals surface area contributed by atoms with Gasteiger partial charge in [0.05, 0.1) is 5.60 Å². The van der Waals surface area contributed by atoms with E-state index in [0.717, 1.165) is 37.4 Å². The minimum atomic E-state index is -0.400. The molecule has 1 fully saturated rings. The molecular formula is C11H21NOS. The average molecular weight is 215 g/mol. The lowest BCUT2D eigenvalue weighted by atomic mass is 10.0. The largest absolute Gasteiger partial charge is 0.389 e. The Bertz CT molecular complexity index is 167.